The zero-order chi connectivity index (χ0) is 18.5. The second-order valence-corrected chi connectivity index (χ2v) is 5.33. The van der Waals surface area contributed by atoms with Gasteiger partial charge in [0.1, 0.15) is 11.9 Å². The number of nitriles is 1. The fourth-order valence-corrected chi connectivity index (χ4v) is 2.22. The topological polar surface area (TPSA) is 139 Å². The molecule has 8 nitrogen and oxygen atoms in total. The van der Waals surface area contributed by atoms with Gasteiger partial charge in [-0.2, -0.15) is 5.26 Å². The molecule has 5 N–H and O–H groups in total. The van der Waals surface area contributed by atoms with E-state index in [4.69, 9.17) is 21.4 Å². The maximum absolute atomic E-state index is 13.4. The van der Waals surface area contributed by atoms with Gasteiger partial charge in [-0.3, -0.25) is 0 Å². The molecule has 9 heteroatoms. The molecule has 3 rings (SSSR count). The van der Waals surface area contributed by atoms with Crippen molar-refractivity contribution in [3.8, 4) is 6.07 Å². The summed E-state index contributed by atoms with van der Waals surface area (Å²) < 4.78 is 18.1. The first-order chi connectivity index (χ1) is 12.6. The number of nitrogen functional groups attached to an aromatic ring is 1. The Morgan fingerprint density at radius 2 is 2.12 bits per heavy atom. The van der Waals surface area contributed by atoms with E-state index in [9.17, 15) is 4.39 Å². The number of aliphatic imine (C=N–C) groups is 1. The van der Waals surface area contributed by atoms with Gasteiger partial charge in [-0.1, -0.05) is 12.1 Å². The maximum Gasteiger partial charge on any atom is 0.202 e. The first kappa shape index (κ1) is 16.9. The Morgan fingerprint density at radius 3 is 2.88 bits per heavy atom. The van der Waals surface area contributed by atoms with Crippen molar-refractivity contribution in [1.29, 1.82) is 5.26 Å². The van der Waals surface area contributed by atoms with Crippen molar-refractivity contribution in [1.82, 2.24) is 10.3 Å². The quantitative estimate of drug-likeness (QED) is 0.364. The summed E-state index contributed by atoms with van der Waals surface area (Å²) in [6, 6.07) is 12.9. The van der Waals surface area contributed by atoms with E-state index in [1.165, 1.54) is 12.1 Å². The van der Waals surface area contributed by atoms with Crippen LogP contribution in [0.1, 0.15) is 16.8 Å². The predicted molar refractivity (Wildman–Crippen MR) is 94.0 cm³/mol. The van der Waals surface area contributed by atoms with E-state index in [0.717, 1.165) is 11.6 Å². The molecule has 1 aromatic heterocycles. The van der Waals surface area contributed by atoms with E-state index < -0.39 is 5.82 Å². The van der Waals surface area contributed by atoms with E-state index in [-0.39, 0.29) is 17.1 Å². The average Bonchev–Trinajstić information content (AvgIpc) is 3.10. The molecule has 0 aliphatic heterocycles. The predicted octanol–water partition coefficient (Wildman–Crippen LogP) is 2.31. The minimum atomic E-state index is -0.627. The fourth-order valence-electron chi connectivity index (χ4n) is 2.22. The third-order valence-corrected chi connectivity index (χ3v) is 3.46. The molecule has 0 spiro atoms. The summed E-state index contributed by atoms with van der Waals surface area (Å²) in [6.45, 7) is 0.425. The number of amidine groups is 1. The minimum Gasteiger partial charge on any atom is -0.399 e. The third kappa shape index (κ3) is 3.76. The molecule has 130 valence electrons. The summed E-state index contributed by atoms with van der Waals surface area (Å²) in [7, 11) is 0. The maximum atomic E-state index is 13.4. The Hall–Kier alpha value is -3.93. The summed E-state index contributed by atoms with van der Waals surface area (Å²) in [4.78, 5) is 4.14. The van der Waals surface area contributed by atoms with Crippen molar-refractivity contribution in [2.75, 3.05) is 11.1 Å². The molecule has 0 fully saturated rings. The van der Waals surface area contributed by atoms with Crippen molar-refractivity contribution in [3.63, 3.8) is 0 Å². The number of halogens is 1. The van der Waals surface area contributed by atoms with Gasteiger partial charge in [0, 0.05) is 12.2 Å². The molecule has 0 saturated heterocycles. The van der Waals surface area contributed by atoms with Gasteiger partial charge in [-0.05, 0) is 46.2 Å². The molecule has 3 aromatic rings. The zero-order valence-corrected chi connectivity index (χ0v) is 13.5. The smallest absolute Gasteiger partial charge is 0.202 e. The molecule has 26 heavy (non-hydrogen) atoms. The zero-order valence-electron chi connectivity index (χ0n) is 13.5. The highest BCUT2D eigenvalue weighted by molar-refractivity contribution is 6.01. The van der Waals surface area contributed by atoms with Crippen LogP contribution < -0.4 is 16.8 Å². The third-order valence-electron chi connectivity index (χ3n) is 3.46. The molecule has 0 unspecified atom stereocenters. The number of hydrogen-bond donors (Lipinski definition) is 3. The van der Waals surface area contributed by atoms with Gasteiger partial charge in [0.15, 0.2) is 11.5 Å². The largest absolute Gasteiger partial charge is 0.399 e. The van der Waals surface area contributed by atoms with Gasteiger partial charge in [0.25, 0.3) is 0 Å². The lowest BCUT2D eigenvalue weighted by Crippen LogP contribution is -2.16. The molecule has 0 aliphatic rings. The van der Waals surface area contributed by atoms with Crippen molar-refractivity contribution in [2.45, 2.75) is 6.54 Å². The number of nitrogens with zero attached hydrogens (tertiary/aromatic N) is 4. The Morgan fingerprint density at radius 1 is 1.27 bits per heavy atom. The molecular formula is C17H14FN7O. The average molecular weight is 351 g/mol. The number of benzene rings is 2. The molecule has 0 radical (unpaired) electrons. The molecule has 0 aliphatic carbocycles. The van der Waals surface area contributed by atoms with Gasteiger partial charge in [-0.15, -0.1) is 0 Å². The van der Waals surface area contributed by atoms with Gasteiger partial charge >= 0.3 is 0 Å². The first-order valence-corrected chi connectivity index (χ1v) is 7.52. The second kappa shape index (κ2) is 7.31. The van der Waals surface area contributed by atoms with Crippen LogP contribution in [0, 0.1) is 17.1 Å². The molecule has 0 saturated carbocycles. The van der Waals surface area contributed by atoms with Crippen LogP contribution in [0.15, 0.2) is 52.1 Å². The fraction of sp³-hybridized carbons (Fsp3) is 0.0588. The number of rotatable bonds is 5. The van der Waals surface area contributed by atoms with Gasteiger partial charge in [0.05, 0.1) is 11.3 Å². The van der Waals surface area contributed by atoms with Crippen LogP contribution in [0.5, 0.6) is 0 Å². The number of hydrogen-bond acceptors (Lipinski definition) is 7. The highest BCUT2D eigenvalue weighted by Crippen LogP contribution is 2.19. The number of nitrogens with two attached hydrogens (primary N) is 2. The van der Waals surface area contributed by atoms with Crippen LogP contribution in [0.3, 0.4) is 0 Å². The van der Waals surface area contributed by atoms with Crippen molar-refractivity contribution < 1.29 is 9.02 Å². The normalized spacial score (nSPS) is 11.2. The summed E-state index contributed by atoms with van der Waals surface area (Å²) in [5, 5.41) is 19.4. The van der Waals surface area contributed by atoms with Crippen LogP contribution in [0.25, 0.3) is 0 Å². The van der Waals surface area contributed by atoms with Crippen molar-refractivity contribution in [2.24, 2.45) is 10.7 Å². The van der Waals surface area contributed by atoms with E-state index in [2.05, 4.69) is 20.6 Å². The highest BCUT2D eigenvalue weighted by atomic mass is 19.1. The van der Waals surface area contributed by atoms with E-state index in [1.807, 2.05) is 18.2 Å². The molecule has 0 amide bonds. The summed E-state index contributed by atoms with van der Waals surface area (Å²) in [6.07, 6.45) is 0. The van der Waals surface area contributed by atoms with E-state index >= 15 is 0 Å². The number of nitrogens with one attached hydrogen (secondary N) is 1. The number of aromatic nitrogens is 2. The SMILES string of the molecule is N#Cc1cc(N=C(N)c2nonc2NCc2cccc(N)c2)ccc1F. The van der Waals surface area contributed by atoms with Crippen molar-refractivity contribution in [3.05, 3.63) is 65.1 Å². The Balaban J connectivity index is 1.80. The second-order valence-electron chi connectivity index (χ2n) is 5.33. The molecule has 1 heterocycles. The number of anilines is 2. The lowest BCUT2D eigenvalue weighted by atomic mass is 10.2. The molecule has 2 aromatic carbocycles. The van der Waals surface area contributed by atoms with Crippen molar-refractivity contribution >= 4 is 23.0 Å². The van der Waals surface area contributed by atoms with Crippen LogP contribution in [0.2, 0.25) is 0 Å². The Kier molecular flexibility index (Phi) is 4.76. The van der Waals surface area contributed by atoms with E-state index in [0.29, 0.717) is 23.7 Å². The Bertz CT molecular complexity index is 1010. The standard InChI is InChI=1S/C17H14FN7O/c18-14-5-4-13(7-11(14)8-19)23-16(21)15-17(25-26-24-15)22-9-10-2-1-3-12(20)6-10/h1-7H,9,20H2,(H2,21,23)(H,22,25). The van der Waals surface area contributed by atoms with Crippen LogP contribution in [-0.2, 0) is 6.54 Å². The van der Waals surface area contributed by atoms with Crippen LogP contribution in [-0.4, -0.2) is 16.1 Å². The lowest BCUT2D eigenvalue weighted by molar-refractivity contribution is 0.307. The first-order valence-electron chi connectivity index (χ1n) is 7.52. The molecular weight excluding hydrogens is 337 g/mol. The van der Waals surface area contributed by atoms with Crippen LogP contribution in [0.4, 0.5) is 21.6 Å². The molecule has 0 atom stereocenters. The van der Waals surface area contributed by atoms with Gasteiger partial charge < -0.3 is 16.8 Å². The van der Waals surface area contributed by atoms with E-state index in [1.54, 1.807) is 12.1 Å². The monoisotopic (exact) mass is 351 g/mol. The van der Waals surface area contributed by atoms with Gasteiger partial charge in [-0.25, -0.2) is 14.0 Å². The molecule has 0 bridgehead atoms. The summed E-state index contributed by atoms with van der Waals surface area (Å²) in [5.41, 5.74) is 13.7. The minimum absolute atomic E-state index is 0.0109. The lowest BCUT2D eigenvalue weighted by Gasteiger charge is -2.05. The highest BCUT2D eigenvalue weighted by Gasteiger charge is 2.14. The van der Waals surface area contributed by atoms with Gasteiger partial charge in [0.2, 0.25) is 5.82 Å². The van der Waals surface area contributed by atoms with Crippen LogP contribution >= 0.6 is 0 Å². The Labute approximate surface area is 147 Å². The summed E-state index contributed by atoms with van der Waals surface area (Å²) in [5.74, 6) is -0.314. The summed E-state index contributed by atoms with van der Waals surface area (Å²) >= 11 is 0.